The zero-order chi connectivity index (χ0) is 19.3. The third kappa shape index (κ3) is 4.85. The van der Waals surface area contributed by atoms with Crippen LogP contribution in [0.5, 0.6) is 0 Å². The van der Waals surface area contributed by atoms with Gasteiger partial charge in [0.15, 0.2) is 0 Å². The molecule has 0 fully saturated rings. The minimum absolute atomic E-state index is 0.396. The lowest BCUT2D eigenvalue weighted by Crippen LogP contribution is -2.20. The van der Waals surface area contributed by atoms with Crippen molar-refractivity contribution in [2.75, 3.05) is 38.0 Å². The van der Waals surface area contributed by atoms with Crippen molar-refractivity contribution in [1.82, 2.24) is 0 Å². The Balaban J connectivity index is 2.33. The van der Waals surface area contributed by atoms with E-state index in [-0.39, 0.29) is 0 Å². The van der Waals surface area contributed by atoms with E-state index in [1.165, 1.54) is 11.8 Å². The van der Waals surface area contributed by atoms with Crippen LogP contribution in [0.1, 0.15) is 11.1 Å². The van der Waals surface area contributed by atoms with Crippen molar-refractivity contribution >= 4 is 29.2 Å². The number of carboxylic acids is 1. The fraction of sp³-hybridized carbons (Fsp3) is 0.333. The first-order chi connectivity index (χ1) is 12.3. The van der Waals surface area contributed by atoms with Crippen LogP contribution in [0.25, 0.3) is 0 Å². The molecule has 0 heterocycles. The first-order valence-corrected chi connectivity index (χ1v) is 8.59. The summed E-state index contributed by atoms with van der Waals surface area (Å²) in [5.41, 5.74) is 5.10. The monoisotopic (exact) mass is 353 g/mol. The van der Waals surface area contributed by atoms with E-state index >= 15 is 0 Å². The molecule has 0 aliphatic carbocycles. The van der Waals surface area contributed by atoms with Gasteiger partial charge in [0.05, 0.1) is 11.6 Å². The fourth-order valence-electron chi connectivity index (χ4n) is 2.94. The molecule has 0 aromatic heterocycles. The molecule has 26 heavy (non-hydrogen) atoms. The molecule has 2 rings (SSSR count). The lowest BCUT2D eigenvalue weighted by molar-refractivity contribution is -0.139. The zero-order valence-corrected chi connectivity index (χ0v) is 16.1. The first-order valence-electron chi connectivity index (χ1n) is 8.59. The van der Waals surface area contributed by atoms with Gasteiger partial charge in [-0.1, -0.05) is 18.2 Å². The second kappa shape index (κ2) is 8.52. The van der Waals surface area contributed by atoms with Crippen LogP contribution in [-0.2, 0) is 11.2 Å². The van der Waals surface area contributed by atoms with Crippen molar-refractivity contribution in [3.8, 4) is 0 Å². The molecule has 0 bridgehead atoms. The van der Waals surface area contributed by atoms with Gasteiger partial charge in [-0.2, -0.15) is 0 Å². The standard InChI is InChI=1S/C21H27N3O2/c1-15-19(23(2)3)12-16(13-20(15)24(4)5)11-17(21(25)26)14-22-18-9-7-6-8-10-18/h6-10,12-14,17H,11H2,1-5H3,(H,25,26). The number of hydrogen-bond acceptors (Lipinski definition) is 4. The van der Waals surface area contributed by atoms with Crippen molar-refractivity contribution in [3.05, 3.63) is 53.6 Å². The molecule has 0 spiro atoms. The summed E-state index contributed by atoms with van der Waals surface area (Å²) in [6.07, 6.45) is 1.93. The van der Waals surface area contributed by atoms with Crippen molar-refractivity contribution in [2.45, 2.75) is 13.3 Å². The number of para-hydroxylation sites is 1. The highest BCUT2D eigenvalue weighted by Gasteiger charge is 2.18. The number of aliphatic carboxylic acids is 1. The van der Waals surface area contributed by atoms with Gasteiger partial charge in [-0.05, 0) is 48.7 Å². The van der Waals surface area contributed by atoms with Crippen LogP contribution in [0, 0.1) is 12.8 Å². The molecule has 0 saturated heterocycles. The quantitative estimate of drug-likeness (QED) is 0.770. The number of aliphatic imine (C=N–C) groups is 1. The third-order valence-corrected chi connectivity index (χ3v) is 4.31. The van der Waals surface area contributed by atoms with Crippen LogP contribution < -0.4 is 9.80 Å². The number of carbonyl (C=O) groups is 1. The summed E-state index contributed by atoms with van der Waals surface area (Å²) in [5, 5.41) is 9.61. The number of nitrogens with zero attached hydrogens (tertiary/aromatic N) is 3. The third-order valence-electron chi connectivity index (χ3n) is 4.31. The van der Waals surface area contributed by atoms with E-state index in [2.05, 4.69) is 33.8 Å². The Morgan fingerprint density at radius 3 is 2.08 bits per heavy atom. The number of carboxylic acid groups (broad SMARTS) is 1. The van der Waals surface area contributed by atoms with Crippen molar-refractivity contribution in [3.63, 3.8) is 0 Å². The highest BCUT2D eigenvalue weighted by molar-refractivity contribution is 5.90. The number of benzene rings is 2. The van der Waals surface area contributed by atoms with Crippen LogP contribution >= 0.6 is 0 Å². The van der Waals surface area contributed by atoms with Gasteiger partial charge >= 0.3 is 5.97 Å². The summed E-state index contributed by atoms with van der Waals surface area (Å²) in [4.78, 5) is 20.2. The molecule has 0 amide bonds. The average Bonchev–Trinajstić information content (AvgIpc) is 2.59. The van der Waals surface area contributed by atoms with E-state index in [1.54, 1.807) is 0 Å². The van der Waals surface area contributed by atoms with E-state index in [0.29, 0.717) is 6.42 Å². The van der Waals surface area contributed by atoms with Crippen LogP contribution in [-0.4, -0.2) is 45.5 Å². The highest BCUT2D eigenvalue weighted by Crippen LogP contribution is 2.30. The van der Waals surface area contributed by atoms with Crippen molar-refractivity contribution in [1.29, 1.82) is 0 Å². The molecular weight excluding hydrogens is 326 g/mol. The van der Waals surface area contributed by atoms with E-state index < -0.39 is 11.9 Å². The summed E-state index contributed by atoms with van der Waals surface area (Å²) in [5.74, 6) is -1.55. The van der Waals surface area contributed by atoms with E-state index in [0.717, 1.165) is 22.6 Å². The maximum Gasteiger partial charge on any atom is 0.312 e. The second-order valence-corrected chi connectivity index (χ2v) is 6.81. The van der Waals surface area contributed by atoms with Crippen molar-refractivity contribution in [2.24, 2.45) is 10.9 Å². The van der Waals surface area contributed by atoms with E-state index in [9.17, 15) is 9.90 Å². The summed E-state index contributed by atoms with van der Waals surface area (Å²) in [6, 6.07) is 13.5. The molecule has 1 atom stereocenters. The molecule has 5 nitrogen and oxygen atoms in total. The van der Waals surface area contributed by atoms with Gasteiger partial charge in [0.1, 0.15) is 0 Å². The summed E-state index contributed by atoms with van der Waals surface area (Å²) >= 11 is 0. The molecular formula is C21H27N3O2. The van der Waals surface area contributed by atoms with E-state index in [1.807, 2.05) is 58.5 Å². The molecule has 0 radical (unpaired) electrons. The van der Waals surface area contributed by atoms with Gasteiger partial charge in [0.2, 0.25) is 0 Å². The zero-order valence-electron chi connectivity index (χ0n) is 16.1. The lowest BCUT2D eigenvalue weighted by Gasteiger charge is -2.24. The van der Waals surface area contributed by atoms with Crippen LogP contribution in [0.3, 0.4) is 0 Å². The van der Waals surface area contributed by atoms with Gasteiger partial charge in [0, 0.05) is 45.8 Å². The Hall–Kier alpha value is -2.82. The Bertz CT molecular complexity index is 754. The highest BCUT2D eigenvalue weighted by atomic mass is 16.4. The molecule has 138 valence electrons. The van der Waals surface area contributed by atoms with Gasteiger partial charge < -0.3 is 14.9 Å². The van der Waals surface area contributed by atoms with Gasteiger partial charge in [0.25, 0.3) is 0 Å². The SMILES string of the molecule is Cc1c(N(C)C)cc(CC(C=Nc2ccccc2)C(=O)O)cc1N(C)C. The Kier molecular flexibility index (Phi) is 6.39. The largest absolute Gasteiger partial charge is 0.481 e. The summed E-state index contributed by atoms with van der Waals surface area (Å²) < 4.78 is 0. The molecule has 1 N–H and O–H groups in total. The van der Waals surface area contributed by atoms with Gasteiger partial charge in [-0.3, -0.25) is 9.79 Å². The molecule has 0 aliphatic heterocycles. The van der Waals surface area contributed by atoms with Gasteiger partial charge in [-0.15, -0.1) is 0 Å². The van der Waals surface area contributed by atoms with Crippen LogP contribution in [0.15, 0.2) is 47.5 Å². The maximum absolute atomic E-state index is 11.7. The number of anilines is 2. The predicted molar refractivity (Wildman–Crippen MR) is 109 cm³/mol. The summed E-state index contributed by atoms with van der Waals surface area (Å²) in [7, 11) is 7.99. The van der Waals surface area contributed by atoms with Gasteiger partial charge in [-0.25, -0.2) is 0 Å². The average molecular weight is 353 g/mol. The molecule has 5 heteroatoms. The Morgan fingerprint density at radius 2 is 1.62 bits per heavy atom. The molecule has 1 unspecified atom stereocenters. The second-order valence-electron chi connectivity index (χ2n) is 6.81. The minimum atomic E-state index is -0.872. The summed E-state index contributed by atoms with van der Waals surface area (Å²) in [6.45, 7) is 2.08. The fourth-order valence-corrected chi connectivity index (χ4v) is 2.94. The first kappa shape index (κ1) is 19.5. The topological polar surface area (TPSA) is 56.1 Å². The Morgan fingerprint density at radius 1 is 1.08 bits per heavy atom. The predicted octanol–water partition coefficient (Wildman–Crippen LogP) is 3.77. The number of hydrogen-bond donors (Lipinski definition) is 1. The van der Waals surface area contributed by atoms with Crippen LogP contribution in [0.2, 0.25) is 0 Å². The van der Waals surface area contributed by atoms with E-state index in [4.69, 9.17) is 0 Å². The Labute approximate surface area is 155 Å². The molecule has 2 aromatic rings. The molecule has 2 aromatic carbocycles. The molecule has 0 saturated carbocycles. The number of rotatable bonds is 7. The minimum Gasteiger partial charge on any atom is -0.481 e. The lowest BCUT2D eigenvalue weighted by atomic mass is 9.97. The molecule has 0 aliphatic rings. The normalized spacial score (nSPS) is 12.2. The smallest absolute Gasteiger partial charge is 0.312 e. The van der Waals surface area contributed by atoms with Crippen LogP contribution in [0.4, 0.5) is 17.1 Å². The maximum atomic E-state index is 11.7. The van der Waals surface area contributed by atoms with Crippen molar-refractivity contribution < 1.29 is 9.90 Å².